The maximum Gasteiger partial charge on any atom is 0.338 e. The van der Waals surface area contributed by atoms with E-state index in [0.717, 1.165) is 22.6 Å². The van der Waals surface area contributed by atoms with Crippen molar-refractivity contribution in [1.82, 2.24) is 9.78 Å². The zero-order valence-corrected chi connectivity index (χ0v) is 19.4. The van der Waals surface area contributed by atoms with Crippen LogP contribution in [-0.2, 0) is 14.9 Å². The molecule has 0 saturated carbocycles. The summed E-state index contributed by atoms with van der Waals surface area (Å²) in [5.74, 6) is -0.477. The number of aromatic nitrogens is 2. The maximum atomic E-state index is 12.4. The molecule has 0 radical (unpaired) electrons. The van der Waals surface area contributed by atoms with Crippen LogP contribution in [0, 0.1) is 13.8 Å². The van der Waals surface area contributed by atoms with Crippen LogP contribution in [0.3, 0.4) is 0 Å². The second-order valence-corrected chi connectivity index (χ2v) is 8.68. The number of anilines is 1. The molecule has 32 heavy (non-hydrogen) atoms. The first-order chi connectivity index (χ1) is 15.1. The van der Waals surface area contributed by atoms with Crippen molar-refractivity contribution in [2.45, 2.75) is 40.0 Å². The van der Waals surface area contributed by atoms with Gasteiger partial charge in [0.15, 0.2) is 6.61 Å². The van der Waals surface area contributed by atoms with Gasteiger partial charge in [-0.15, -0.1) is 0 Å². The highest BCUT2D eigenvalue weighted by Crippen LogP contribution is 2.31. The van der Waals surface area contributed by atoms with Crippen LogP contribution in [0.1, 0.15) is 48.1 Å². The molecule has 3 aromatic rings. The van der Waals surface area contributed by atoms with Crippen molar-refractivity contribution in [3.05, 3.63) is 71.0 Å². The van der Waals surface area contributed by atoms with E-state index in [1.54, 1.807) is 28.9 Å². The van der Waals surface area contributed by atoms with E-state index < -0.39 is 18.5 Å². The predicted molar refractivity (Wildman–Crippen MR) is 124 cm³/mol. The van der Waals surface area contributed by atoms with Crippen molar-refractivity contribution < 1.29 is 19.1 Å². The first-order valence-electron chi connectivity index (χ1n) is 10.4. The summed E-state index contributed by atoms with van der Waals surface area (Å²) in [6, 6.07) is 14.5. The minimum Gasteiger partial charge on any atom is -0.495 e. The van der Waals surface area contributed by atoms with Gasteiger partial charge in [0.25, 0.3) is 5.91 Å². The molecule has 168 valence electrons. The van der Waals surface area contributed by atoms with Crippen molar-refractivity contribution in [2.75, 3.05) is 19.0 Å². The second-order valence-electron chi connectivity index (χ2n) is 8.68. The molecule has 1 N–H and O–H groups in total. The highest BCUT2D eigenvalue weighted by molar-refractivity contribution is 5.96. The summed E-state index contributed by atoms with van der Waals surface area (Å²) in [5, 5.41) is 7.19. The quantitative estimate of drug-likeness (QED) is 0.573. The van der Waals surface area contributed by atoms with Gasteiger partial charge in [-0.3, -0.25) is 4.79 Å². The number of methoxy groups -OCH3 is 1. The van der Waals surface area contributed by atoms with Crippen LogP contribution in [0.5, 0.6) is 5.75 Å². The Bertz CT molecular complexity index is 1130. The van der Waals surface area contributed by atoms with E-state index in [1.807, 2.05) is 38.1 Å². The number of amides is 1. The normalized spacial score (nSPS) is 11.2. The molecule has 3 rings (SSSR count). The van der Waals surface area contributed by atoms with E-state index in [4.69, 9.17) is 9.47 Å². The van der Waals surface area contributed by atoms with Crippen LogP contribution >= 0.6 is 0 Å². The Morgan fingerprint density at radius 1 is 1.03 bits per heavy atom. The molecule has 0 bridgehead atoms. The van der Waals surface area contributed by atoms with E-state index >= 15 is 0 Å². The summed E-state index contributed by atoms with van der Waals surface area (Å²) in [5.41, 5.74) is 4.62. The molecule has 1 aromatic heterocycles. The Labute approximate surface area is 188 Å². The van der Waals surface area contributed by atoms with Gasteiger partial charge in [0.1, 0.15) is 5.75 Å². The number of benzene rings is 2. The molecule has 0 aliphatic carbocycles. The monoisotopic (exact) mass is 435 g/mol. The van der Waals surface area contributed by atoms with Crippen LogP contribution in [0.2, 0.25) is 0 Å². The second kappa shape index (κ2) is 9.26. The average Bonchev–Trinajstić information content (AvgIpc) is 3.09. The number of carbonyl (C=O) groups is 2. The highest BCUT2D eigenvalue weighted by atomic mass is 16.5. The minimum absolute atomic E-state index is 0.0855. The van der Waals surface area contributed by atoms with Gasteiger partial charge in [-0.05, 0) is 67.3 Å². The first-order valence-corrected chi connectivity index (χ1v) is 10.4. The fraction of sp³-hybridized carbons (Fsp3) is 0.320. The Morgan fingerprint density at radius 2 is 1.72 bits per heavy atom. The molecule has 0 fully saturated rings. The zero-order valence-electron chi connectivity index (χ0n) is 19.4. The number of nitrogens with one attached hydrogen (secondary N) is 1. The lowest BCUT2D eigenvalue weighted by molar-refractivity contribution is -0.119. The van der Waals surface area contributed by atoms with Crippen molar-refractivity contribution in [1.29, 1.82) is 0 Å². The van der Waals surface area contributed by atoms with Crippen LogP contribution in [0.15, 0.2) is 48.5 Å². The lowest BCUT2D eigenvalue weighted by Gasteiger charge is -2.21. The van der Waals surface area contributed by atoms with Crippen molar-refractivity contribution >= 4 is 17.6 Å². The maximum absolute atomic E-state index is 12.4. The molecule has 7 nitrogen and oxygen atoms in total. The lowest BCUT2D eigenvalue weighted by Crippen LogP contribution is -2.22. The van der Waals surface area contributed by atoms with Crippen LogP contribution in [-0.4, -0.2) is 35.4 Å². The van der Waals surface area contributed by atoms with Gasteiger partial charge in [-0.1, -0.05) is 26.8 Å². The minimum atomic E-state index is -0.574. The number of hydrogen-bond donors (Lipinski definition) is 1. The van der Waals surface area contributed by atoms with Crippen molar-refractivity contribution in [3.8, 4) is 11.4 Å². The first kappa shape index (κ1) is 23.1. The molecule has 0 atom stereocenters. The zero-order chi connectivity index (χ0) is 23.5. The summed E-state index contributed by atoms with van der Waals surface area (Å²) < 4.78 is 12.3. The van der Waals surface area contributed by atoms with Crippen LogP contribution in [0.25, 0.3) is 5.69 Å². The summed E-state index contributed by atoms with van der Waals surface area (Å²) in [6.07, 6.45) is 0. The van der Waals surface area contributed by atoms with Crippen molar-refractivity contribution in [3.63, 3.8) is 0 Å². The average molecular weight is 436 g/mol. The number of ether oxygens (including phenoxy) is 2. The molecule has 1 heterocycles. The fourth-order valence-corrected chi connectivity index (χ4v) is 3.30. The molecular weight excluding hydrogens is 406 g/mol. The molecule has 0 spiro atoms. The Balaban J connectivity index is 1.63. The van der Waals surface area contributed by atoms with E-state index in [9.17, 15) is 9.59 Å². The number of aryl methyl sites for hydroxylation is 2. The summed E-state index contributed by atoms with van der Waals surface area (Å²) in [4.78, 5) is 24.8. The van der Waals surface area contributed by atoms with E-state index in [2.05, 4.69) is 31.2 Å². The molecule has 2 aromatic carbocycles. The smallest absolute Gasteiger partial charge is 0.338 e. The Morgan fingerprint density at radius 3 is 2.28 bits per heavy atom. The Kier molecular flexibility index (Phi) is 6.67. The van der Waals surface area contributed by atoms with E-state index in [0.29, 0.717) is 17.0 Å². The van der Waals surface area contributed by atoms with Gasteiger partial charge in [0.05, 0.1) is 29.7 Å². The predicted octanol–water partition coefficient (Wildman–Crippen LogP) is 4.59. The van der Waals surface area contributed by atoms with Crippen LogP contribution < -0.4 is 10.1 Å². The van der Waals surface area contributed by atoms with Crippen molar-refractivity contribution in [2.24, 2.45) is 0 Å². The Hall–Kier alpha value is -3.61. The number of carbonyl (C=O) groups excluding carboxylic acids is 2. The SMILES string of the molecule is COc1ccc(C(C)(C)C)cc1NC(=O)COC(=O)c1ccc(-n2nc(C)cc2C)cc1. The number of nitrogens with zero attached hydrogens (tertiary/aromatic N) is 2. The third-order valence-corrected chi connectivity index (χ3v) is 5.03. The molecule has 0 aliphatic rings. The highest BCUT2D eigenvalue weighted by Gasteiger charge is 2.18. The summed E-state index contributed by atoms with van der Waals surface area (Å²) in [6.45, 7) is 9.75. The van der Waals surface area contributed by atoms with Gasteiger partial charge in [0.2, 0.25) is 0 Å². The van der Waals surface area contributed by atoms with Gasteiger partial charge in [-0.25, -0.2) is 9.48 Å². The molecule has 0 saturated heterocycles. The third kappa shape index (κ3) is 5.35. The number of esters is 1. The van der Waals surface area contributed by atoms with E-state index in [-0.39, 0.29) is 5.41 Å². The van der Waals surface area contributed by atoms with Gasteiger partial charge >= 0.3 is 5.97 Å². The number of rotatable bonds is 6. The van der Waals surface area contributed by atoms with Crippen LogP contribution in [0.4, 0.5) is 5.69 Å². The molecule has 0 unspecified atom stereocenters. The van der Waals surface area contributed by atoms with Gasteiger partial charge in [0, 0.05) is 5.69 Å². The molecule has 7 heteroatoms. The van der Waals surface area contributed by atoms with E-state index in [1.165, 1.54) is 7.11 Å². The molecule has 0 aliphatic heterocycles. The van der Waals surface area contributed by atoms with Gasteiger partial charge in [-0.2, -0.15) is 5.10 Å². The largest absolute Gasteiger partial charge is 0.495 e. The topological polar surface area (TPSA) is 82.5 Å². The molecule has 1 amide bonds. The summed E-state index contributed by atoms with van der Waals surface area (Å²) in [7, 11) is 1.54. The van der Waals surface area contributed by atoms with Gasteiger partial charge < -0.3 is 14.8 Å². The third-order valence-electron chi connectivity index (χ3n) is 5.03. The number of hydrogen-bond acceptors (Lipinski definition) is 5. The summed E-state index contributed by atoms with van der Waals surface area (Å²) >= 11 is 0. The standard InChI is InChI=1S/C25H29N3O4/c1-16-13-17(2)28(27-16)20-10-7-18(8-11-20)24(30)32-15-23(29)26-21-14-19(25(3,4)5)9-12-22(21)31-6/h7-14H,15H2,1-6H3,(H,26,29). The fourth-order valence-electron chi connectivity index (χ4n) is 3.30. The molecular formula is C25H29N3O4. The lowest BCUT2D eigenvalue weighted by atomic mass is 9.87.